The molecule has 3 nitrogen and oxygen atoms in total. The SMILES string of the molecule is COC(=O)C1(c2ccc(O)c(Br)c2)CC1. The summed E-state index contributed by atoms with van der Waals surface area (Å²) in [6.07, 6.45) is 1.63. The Balaban J connectivity index is 2.38. The normalized spacial score (nSPS) is 17.2. The number of ether oxygens (including phenoxy) is 1. The van der Waals surface area contributed by atoms with Gasteiger partial charge in [0.2, 0.25) is 0 Å². The molecule has 15 heavy (non-hydrogen) atoms. The highest BCUT2D eigenvalue weighted by Crippen LogP contribution is 2.50. The van der Waals surface area contributed by atoms with Crippen LogP contribution in [0.1, 0.15) is 18.4 Å². The second-order valence-corrected chi connectivity index (χ2v) is 4.59. The number of aromatic hydroxyl groups is 1. The fourth-order valence-electron chi connectivity index (χ4n) is 1.74. The van der Waals surface area contributed by atoms with Crippen molar-refractivity contribution in [2.24, 2.45) is 0 Å². The Kier molecular flexibility index (Phi) is 2.46. The van der Waals surface area contributed by atoms with Gasteiger partial charge in [0.1, 0.15) is 5.75 Å². The van der Waals surface area contributed by atoms with Gasteiger partial charge in [0.25, 0.3) is 0 Å². The van der Waals surface area contributed by atoms with Crippen LogP contribution in [0.2, 0.25) is 0 Å². The number of hydrogen-bond acceptors (Lipinski definition) is 3. The van der Waals surface area contributed by atoms with Crippen molar-refractivity contribution in [2.45, 2.75) is 18.3 Å². The molecule has 1 aliphatic rings. The molecule has 0 saturated heterocycles. The molecule has 0 unspecified atom stereocenters. The van der Waals surface area contributed by atoms with Crippen molar-refractivity contribution in [3.05, 3.63) is 28.2 Å². The standard InChI is InChI=1S/C11H11BrO3/c1-15-10(14)11(4-5-11)7-2-3-9(13)8(12)6-7/h2-3,6,13H,4-5H2,1H3. The number of carbonyl (C=O) groups is 1. The molecule has 0 radical (unpaired) electrons. The van der Waals surface area contributed by atoms with E-state index in [1.54, 1.807) is 18.2 Å². The summed E-state index contributed by atoms with van der Waals surface area (Å²) in [4.78, 5) is 11.6. The molecule has 1 fully saturated rings. The molecule has 0 spiro atoms. The maximum Gasteiger partial charge on any atom is 0.316 e. The summed E-state index contributed by atoms with van der Waals surface area (Å²) in [5, 5.41) is 9.36. The zero-order chi connectivity index (χ0) is 11.1. The number of benzene rings is 1. The minimum absolute atomic E-state index is 0.180. The molecule has 80 valence electrons. The van der Waals surface area contributed by atoms with Gasteiger partial charge < -0.3 is 9.84 Å². The van der Waals surface area contributed by atoms with E-state index in [-0.39, 0.29) is 11.7 Å². The Bertz CT molecular complexity index is 410. The summed E-state index contributed by atoms with van der Waals surface area (Å²) in [6, 6.07) is 5.13. The van der Waals surface area contributed by atoms with E-state index in [9.17, 15) is 9.90 Å². The van der Waals surface area contributed by atoms with E-state index in [1.165, 1.54) is 7.11 Å². The molecule has 0 aliphatic heterocycles. The molecule has 0 heterocycles. The van der Waals surface area contributed by atoms with E-state index in [2.05, 4.69) is 15.9 Å². The average Bonchev–Trinajstić information content (AvgIpc) is 3.02. The third kappa shape index (κ3) is 1.63. The minimum atomic E-state index is -0.467. The van der Waals surface area contributed by atoms with Crippen molar-refractivity contribution in [1.29, 1.82) is 0 Å². The second-order valence-electron chi connectivity index (χ2n) is 3.74. The fraction of sp³-hybridized carbons (Fsp3) is 0.364. The Morgan fingerprint density at radius 1 is 1.53 bits per heavy atom. The zero-order valence-electron chi connectivity index (χ0n) is 8.29. The predicted octanol–water partition coefficient (Wildman–Crippen LogP) is 2.36. The summed E-state index contributed by atoms with van der Waals surface area (Å²) in [7, 11) is 1.40. The summed E-state index contributed by atoms with van der Waals surface area (Å²) in [6.45, 7) is 0. The number of rotatable bonds is 2. The van der Waals surface area contributed by atoms with Crippen LogP contribution in [0.15, 0.2) is 22.7 Å². The van der Waals surface area contributed by atoms with E-state index in [0.717, 1.165) is 18.4 Å². The van der Waals surface area contributed by atoms with Gasteiger partial charge in [0.15, 0.2) is 0 Å². The summed E-state index contributed by atoms with van der Waals surface area (Å²) in [5.41, 5.74) is 0.435. The van der Waals surface area contributed by atoms with Crippen LogP contribution >= 0.6 is 15.9 Å². The largest absolute Gasteiger partial charge is 0.507 e. The van der Waals surface area contributed by atoms with Crippen LogP contribution in [-0.4, -0.2) is 18.2 Å². The highest BCUT2D eigenvalue weighted by molar-refractivity contribution is 9.10. The predicted molar refractivity (Wildman–Crippen MR) is 58.7 cm³/mol. The van der Waals surface area contributed by atoms with Crippen LogP contribution in [0, 0.1) is 0 Å². The highest BCUT2D eigenvalue weighted by atomic mass is 79.9. The van der Waals surface area contributed by atoms with Crippen molar-refractivity contribution in [3.8, 4) is 5.75 Å². The molecule has 4 heteroatoms. The average molecular weight is 271 g/mol. The topological polar surface area (TPSA) is 46.5 Å². The van der Waals surface area contributed by atoms with Gasteiger partial charge >= 0.3 is 5.97 Å². The summed E-state index contributed by atoms with van der Waals surface area (Å²) in [5.74, 6) is -0.0143. The molecule has 1 aliphatic carbocycles. The van der Waals surface area contributed by atoms with Crippen LogP contribution in [0.4, 0.5) is 0 Å². The van der Waals surface area contributed by atoms with Crippen molar-refractivity contribution < 1.29 is 14.6 Å². The Hall–Kier alpha value is -1.03. The molecule has 1 N–H and O–H groups in total. The van der Waals surface area contributed by atoms with E-state index >= 15 is 0 Å². The molecule has 0 aromatic heterocycles. The number of esters is 1. The second kappa shape index (κ2) is 3.52. The lowest BCUT2D eigenvalue weighted by molar-refractivity contribution is -0.143. The van der Waals surface area contributed by atoms with Crippen LogP contribution < -0.4 is 0 Å². The molecular formula is C11H11BrO3. The van der Waals surface area contributed by atoms with E-state index in [1.807, 2.05) is 0 Å². The van der Waals surface area contributed by atoms with Gasteiger partial charge in [-0.25, -0.2) is 0 Å². The first-order valence-electron chi connectivity index (χ1n) is 4.67. The summed E-state index contributed by atoms with van der Waals surface area (Å²) < 4.78 is 5.39. The fourth-order valence-corrected chi connectivity index (χ4v) is 2.11. The number of carbonyl (C=O) groups excluding carboxylic acids is 1. The number of phenols is 1. The van der Waals surface area contributed by atoms with Gasteiger partial charge in [0, 0.05) is 0 Å². The molecule has 0 bridgehead atoms. The highest BCUT2D eigenvalue weighted by Gasteiger charge is 2.52. The first-order chi connectivity index (χ1) is 7.10. The first-order valence-corrected chi connectivity index (χ1v) is 5.47. The molecular weight excluding hydrogens is 260 g/mol. The van der Waals surface area contributed by atoms with Crippen molar-refractivity contribution in [3.63, 3.8) is 0 Å². The Morgan fingerprint density at radius 2 is 2.20 bits per heavy atom. The van der Waals surface area contributed by atoms with Gasteiger partial charge in [-0.15, -0.1) is 0 Å². The first kappa shape index (κ1) is 10.5. The zero-order valence-corrected chi connectivity index (χ0v) is 9.87. The van der Waals surface area contributed by atoms with Gasteiger partial charge in [-0.2, -0.15) is 0 Å². The molecule has 1 aromatic carbocycles. The van der Waals surface area contributed by atoms with Gasteiger partial charge in [0.05, 0.1) is 17.0 Å². The Labute approximate surface area is 96.2 Å². The van der Waals surface area contributed by atoms with Gasteiger partial charge in [-0.3, -0.25) is 4.79 Å². The quantitative estimate of drug-likeness (QED) is 0.840. The molecule has 1 aromatic rings. The van der Waals surface area contributed by atoms with Crippen molar-refractivity contribution >= 4 is 21.9 Å². The van der Waals surface area contributed by atoms with Gasteiger partial charge in [-0.1, -0.05) is 6.07 Å². The maximum absolute atomic E-state index is 11.6. The monoisotopic (exact) mass is 270 g/mol. The lowest BCUT2D eigenvalue weighted by Crippen LogP contribution is -2.21. The molecule has 1 saturated carbocycles. The molecule has 0 amide bonds. The van der Waals surface area contributed by atoms with Crippen LogP contribution in [0.5, 0.6) is 5.75 Å². The smallest absolute Gasteiger partial charge is 0.316 e. The lowest BCUT2D eigenvalue weighted by Gasteiger charge is -2.13. The van der Waals surface area contributed by atoms with Crippen LogP contribution in [0.25, 0.3) is 0 Å². The Morgan fingerprint density at radius 3 is 2.67 bits per heavy atom. The molecule has 0 atom stereocenters. The number of methoxy groups -OCH3 is 1. The number of halogens is 1. The summed E-state index contributed by atoms with van der Waals surface area (Å²) >= 11 is 3.24. The van der Waals surface area contributed by atoms with E-state index < -0.39 is 5.41 Å². The van der Waals surface area contributed by atoms with E-state index in [4.69, 9.17) is 4.74 Å². The molecule has 2 rings (SSSR count). The van der Waals surface area contributed by atoms with Crippen LogP contribution in [0.3, 0.4) is 0 Å². The van der Waals surface area contributed by atoms with Crippen molar-refractivity contribution in [2.75, 3.05) is 7.11 Å². The maximum atomic E-state index is 11.6. The third-order valence-electron chi connectivity index (χ3n) is 2.83. The lowest BCUT2D eigenvalue weighted by atomic mass is 9.96. The van der Waals surface area contributed by atoms with E-state index in [0.29, 0.717) is 4.47 Å². The van der Waals surface area contributed by atoms with Crippen LogP contribution in [-0.2, 0) is 14.9 Å². The number of phenolic OH excluding ortho intramolecular Hbond substituents is 1. The minimum Gasteiger partial charge on any atom is -0.507 e. The third-order valence-corrected chi connectivity index (χ3v) is 3.46. The van der Waals surface area contributed by atoms with Gasteiger partial charge in [-0.05, 0) is 46.5 Å². The number of hydrogen-bond donors (Lipinski definition) is 1. The van der Waals surface area contributed by atoms with Crippen molar-refractivity contribution in [1.82, 2.24) is 0 Å².